The van der Waals surface area contributed by atoms with Crippen molar-refractivity contribution in [1.82, 2.24) is 10.2 Å². The van der Waals surface area contributed by atoms with Crippen LogP contribution in [-0.2, 0) is 4.79 Å². The molecule has 2 aliphatic rings. The molecule has 1 saturated heterocycles. The fourth-order valence-corrected chi connectivity index (χ4v) is 3.94. The molecule has 9 heteroatoms. The molecule has 1 aromatic carbocycles. The molecule has 1 aliphatic heterocycles. The number of aliphatic hydroxyl groups is 1. The minimum absolute atomic E-state index is 0.113. The molecule has 1 aliphatic carbocycles. The maximum Gasteiger partial charge on any atom is 0.316 e. The average Bonchev–Trinajstić information content (AvgIpc) is 2.71. The Balaban J connectivity index is 1.77. The zero-order chi connectivity index (χ0) is 21.7. The lowest BCUT2D eigenvalue weighted by Gasteiger charge is -2.29. The summed E-state index contributed by atoms with van der Waals surface area (Å²) in [5.41, 5.74) is 12.6. The molecule has 30 heavy (non-hydrogen) atoms. The van der Waals surface area contributed by atoms with Gasteiger partial charge in [0, 0.05) is 36.5 Å². The van der Waals surface area contributed by atoms with Crippen LogP contribution in [0.4, 0.5) is 4.79 Å². The van der Waals surface area contributed by atoms with Crippen LogP contribution in [0, 0.1) is 0 Å². The van der Waals surface area contributed by atoms with Gasteiger partial charge in [-0.3, -0.25) is 9.69 Å². The Labute approximate surface area is 180 Å². The number of para-hydroxylation sites is 1. The lowest BCUT2D eigenvalue weighted by atomic mass is 9.90. The van der Waals surface area contributed by atoms with Crippen LogP contribution in [0.25, 0.3) is 5.57 Å². The Morgan fingerprint density at radius 1 is 1.23 bits per heavy atom. The smallest absolute Gasteiger partial charge is 0.316 e. The number of rotatable bonds is 7. The van der Waals surface area contributed by atoms with Gasteiger partial charge in [-0.05, 0) is 30.6 Å². The highest BCUT2D eigenvalue weighted by Crippen LogP contribution is 2.33. The van der Waals surface area contributed by atoms with Crippen LogP contribution in [0.2, 0.25) is 0 Å². The van der Waals surface area contributed by atoms with Crippen molar-refractivity contribution in [2.45, 2.75) is 25.4 Å². The number of ether oxygens (including phenoxy) is 1. The number of nitrogens with zero attached hydrogens (tertiary/aromatic N) is 1. The van der Waals surface area contributed by atoms with Crippen molar-refractivity contribution >= 4 is 34.6 Å². The average molecular weight is 431 g/mol. The van der Waals surface area contributed by atoms with E-state index in [0.717, 1.165) is 43.6 Å². The van der Waals surface area contributed by atoms with Gasteiger partial charge in [0.05, 0.1) is 17.4 Å². The number of carbonyl (C=O) groups is 2. The third-order valence-electron chi connectivity index (χ3n) is 5.19. The van der Waals surface area contributed by atoms with Crippen molar-refractivity contribution in [2.75, 3.05) is 26.2 Å². The monoisotopic (exact) mass is 430 g/mol. The first-order valence-corrected chi connectivity index (χ1v) is 10.2. The molecule has 0 atom stereocenters. The van der Waals surface area contributed by atoms with Crippen LogP contribution in [-0.4, -0.2) is 59.2 Å². The SMILES string of the molecule is NC(=O)NC1=C(C(N)=O)C=C(c2ccccc2OCCN2CCC(O)CC2)CC1=S. The standard InChI is InChI=1S/C21H26N4O4S/c22-20(27)16-11-13(12-18(30)19(16)24-21(23)28)15-3-1-2-4-17(15)29-10-9-25-7-5-14(26)6-8-25/h1-4,11,14,26H,5-10,12H2,(H2,22,27)(H3,23,24,28). The Morgan fingerprint density at radius 2 is 1.93 bits per heavy atom. The summed E-state index contributed by atoms with van der Waals surface area (Å²) in [6, 6.07) is 6.71. The summed E-state index contributed by atoms with van der Waals surface area (Å²) in [5, 5.41) is 12.0. The fourth-order valence-electron chi connectivity index (χ4n) is 3.62. The summed E-state index contributed by atoms with van der Waals surface area (Å²) in [6.07, 6.45) is 3.32. The first-order valence-electron chi connectivity index (χ1n) is 9.82. The van der Waals surface area contributed by atoms with Crippen LogP contribution in [0.5, 0.6) is 5.75 Å². The molecule has 160 valence electrons. The number of carbonyl (C=O) groups excluding carboxylic acids is 2. The topological polar surface area (TPSA) is 131 Å². The molecule has 1 aromatic rings. The summed E-state index contributed by atoms with van der Waals surface area (Å²) in [5.74, 6) is -0.0253. The molecule has 3 amide bonds. The molecule has 0 saturated carbocycles. The van der Waals surface area contributed by atoms with Crippen molar-refractivity contribution in [2.24, 2.45) is 11.5 Å². The highest BCUT2D eigenvalue weighted by molar-refractivity contribution is 7.80. The number of primary amides is 2. The summed E-state index contributed by atoms with van der Waals surface area (Å²) in [7, 11) is 0. The summed E-state index contributed by atoms with van der Waals surface area (Å²) in [6.45, 7) is 2.97. The van der Waals surface area contributed by atoms with E-state index < -0.39 is 11.9 Å². The molecular formula is C21H26N4O4S. The number of hydrogen-bond donors (Lipinski definition) is 4. The van der Waals surface area contributed by atoms with Gasteiger partial charge in [-0.2, -0.15) is 0 Å². The number of piperidine rings is 1. The van der Waals surface area contributed by atoms with Crippen molar-refractivity contribution < 1.29 is 19.4 Å². The number of amides is 3. The van der Waals surface area contributed by atoms with E-state index in [0.29, 0.717) is 23.6 Å². The molecule has 0 unspecified atom stereocenters. The minimum Gasteiger partial charge on any atom is -0.492 e. The number of urea groups is 1. The predicted octanol–water partition coefficient (Wildman–Crippen LogP) is 1.09. The van der Waals surface area contributed by atoms with E-state index in [2.05, 4.69) is 10.2 Å². The van der Waals surface area contributed by atoms with Gasteiger partial charge in [-0.25, -0.2) is 4.79 Å². The maximum atomic E-state index is 11.9. The van der Waals surface area contributed by atoms with Crippen LogP contribution in [0.15, 0.2) is 41.6 Å². The van der Waals surface area contributed by atoms with Crippen LogP contribution >= 0.6 is 12.2 Å². The Bertz CT molecular complexity index is 904. The van der Waals surface area contributed by atoms with E-state index in [1.165, 1.54) is 0 Å². The molecular weight excluding hydrogens is 404 g/mol. The van der Waals surface area contributed by atoms with E-state index >= 15 is 0 Å². The van der Waals surface area contributed by atoms with Gasteiger partial charge in [-0.15, -0.1) is 0 Å². The second-order valence-corrected chi connectivity index (χ2v) is 7.82. The second kappa shape index (κ2) is 9.84. The van der Waals surface area contributed by atoms with Crippen molar-refractivity contribution in [3.63, 3.8) is 0 Å². The summed E-state index contributed by atoms with van der Waals surface area (Å²) in [4.78, 5) is 25.8. The Kier molecular flexibility index (Phi) is 7.20. The van der Waals surface area contributed by atoms with Crippen LogP contribution < -0.4 is 21.5 Å². The largest absolute Gasteiger partial charge is 0.492 e. The van der Waals surface area contributed by atoms with E-state index in [-0.39, 0.29) is 17.4 Å². The number of aliphatic hydroxyl groups excluding tert-OH is 1. The molecule has 3 rings (SSSR count). The number of thiocarbonyl (C=S) groups is 1. The minimum atomic E-state index is -0.808. The number of likely N-dealkylation sites (tertiary alicyclic amines) is 1. The maximum absolute atomic E-state index is 11.9. The molecule has 6 N–H and O–H groups in total. The van der Waals surface area contributed by atoms with E-state index in [4.69, 9.17) is 28.4 Å². The number of nitrogens with one attached hydrogen (secondary N) is 1. The zero-order valence-corrected chi connectivity index (χ0v) is 17.4. The number of allylic oxidation sites excluding steroid dienone is 2. The van der Waals surface area contributed by atoms with Crippen LogP contribution in [0.1, 0.15) is 24.8 Å². The molecule has 0 aromatic heterocycles. The third-order valence-corrected chi connectivity index (χ3v) is 5.54. The molecule has 0 bridgehead atoms. The van der Waals surface area contributed by atoms with Gasteiger partial charge in [0.15, 0.2) is 0 Å². The number of nitrogens with two attached hydrogens (primary N) is 2. The highest BCUT2D eigenvalue weighted by Gasteiger charge is 2.25. The van der Waals surface area contributed by atoms with Crippen molar-refractivity contribution in [3.8, 4) is 5.75 Å². The van der Waals surface area contributed by atoms with Gasteiger partial charge in [0.2, 0.25) is 0 Å². The number of hydrogen-bond acceptors (Lipinski definition) is 6. The molecule has 0 radical (unpaired) electrons. The molecule has 8 nitrogen and oxygen atoms in total. The van der Waals surface area contributed by atoms with Crippen molar-refractivity contribution in [3.05, 3.63) is 47.2 Å². The lowest BCUT2D eigenvalue weighted by Crippen LogP contribution is -2.38. The van der Waals surface area contributed by atoms with E-state index in [1.54, 1.807) is 6.08 Å². The Morgan fingerprint density at radius 3 is 2.60 bits per heavy atom. The molecule has 1 heterocycles. The fraction of sp³-hybridized carbons (Fsp3) is 0.381. The zero-order valence-electron chi connectivity index (χ0n) is 16.6. The van der Waals surface area contributed by atoms with E-state index in [9.17, 15) is 14.7 Å². The van der Waals surface area contributed by atoms with Gasteiger partial charge in [-0.1, -0.05) is 30.4 Å². The Hall–Kier alpha value is -2.75. The second-order valence-electron chi connectivity index (χ2n) is 7.33. The predicted molar refractivity (Wildman–Crippen MR) is 118 cm³/mol. The van der Waals surface area contributed by atoms with Gasteiger partial charge < -0.3 is 26.6 Å². The summed E-state index contributed by atoms with van der Waals surface area (Å²) < 4.78 is 6.03. The van der Waals surface area contributed by atoms with Gasteiger partial charge >= 0.3 is 6.03 Å². The van der Waals surface area contributed by atoms with Crippen molar-refractivity contribution in [1.29, 1.82) is 0 Å². The first kappa shape index (κ1) is 21.9. The first-order chi connectivity index (χ1) is 14.3. The lowest BCUT2D eigenvalue weighted by molar-refractivity contribution is -0.114. The van der Waals surface area contributed by atoms with Crippen LogP contribution in [0.3, 0.4) is 0 Å². The summed E-state index contributed by atoms with van der Waals surface area (Å²) >= 11 is 5.40. The highest BCUT2D eigenvalue weighted by atomic mass is 32.1. The van der Waals surface area contributed by atoms with E-state index in [1.807, 2.05) is 24.3 Å². The normalized spacial score (nSPS) is 18.2. The van der Waals surface area contributed by atoms with Gasteiger partial charge in [0.25, 0.3) is 5.91 Å². The molecule has 0 spiro atoms. The molecule has 1 fully saturated rings. The van der Waals surface area contributed by atoms with Gasteiger partial charge in [0.1, 0.15) is 12.4 Å². The third kappa shape index (κ3) is 5.44. The quantitative estimate of drug-likeness (QED) is 0.479. The number of benzene rings is 1.